The SMILES string of the molecule is NCC1(n2cc(-c3ccnc4[nH]ccc34)cn2)CC(N2CCC(Oc3cc(CNCCO)cc(C(F)(F)F)n3)CC2)C1. The number of piperidine rings is 1. The van der Waals surface area contributed by atoms with E-state index in [1.54, 1.807) is 12.3 Å². The molecule has 2 fully saturated rings. The van der Waals surface area contributed by atoms with Crippen LogP contribution in [0, 0.1) is 0 Å². The number of hydrogen-bond donors (Lipinski definition) is 4. The molecule has 2 aliphatic rings. The van der Waals surface area contributed by atoms with Crippen molar-refractivity contribution in [3.05, 3.63) is 60.3 Å². The van der Waals surface area contributed by atoms with E-state index in [-0.39, 0.29) is 37.2 Å². The van der Waals surface area contributed by atoms with Crippen molar-refractivity contribution in [3.63, 3.8) is 0 Å². The number of aliphatic hydroxyl groups is 1. The second kappa shape index (κ2) is 11.6. The topological polar surface area (TPSA) is 130 Å². The molecule has 0 atom stereocenters. The molecule has 0 unspecified atom stereocenters. The Hall–Kier alpha value is -3.52. The van der Waals surface area contributed by atoms with E-state index in [1.807, 2.05) is 29.2 Å². The summed E-state index contributed by atoms with van der Waals surface area (Å²) < 4.78 is 48.3. The maximum absolute atomic E-state index is 13.4. The molecular formula is C29H35F3N8O2. The highest BCUT2D eigenvalue weighted by Crippen LogP contribution is 2.43. The molecule has 5 heterocycles. The molecule has 1 saturated carbocycles. The summed E-state index contributed by atoms with van der Waals surface area (Å²) in [4.78, 5) is 13.7. The molecule has 6 rings (SSSR count). The molecule has 42 heavy (non-hydrogen) atoms. The number of aromatic nitrogens is 5. The van der Waals surface area contributed by atoms with Crippen molar-refractivity contribution in [3.8, 4) is 17.0 Å². The Bertz CT molecular complexity index is 1510. The normalized spacial score (nSPS) is 22.0. The van der Waals surface area contributed by atoms with Crippen LogP contribution in [0.15, 0.2) is 49.1 Å². The molecule has 224 valence electrons. The fourth-order valence-corrected chi connectivity index (χ4v) is 6.16. The predicted molar refractivity (Wildman–Crippen MR) is 151 cm³/mol. The Morgan fingerprint density at radius 3 is 2.74 bits per heavy atom. The first-order valence-corrected chi connectivity index (χ1v) is 14.3. The number of nitrogens with two attached hydrogens (primary N) is 1. The quantitative estimate of drug-likeness (QED) is 0.209. The largest absolute Gasteiger partial charge is 0.474 e. The number of halogens is 3. The number of nitrogens with zero attached hydrogens (tertiary/aromatic N) is 5. The molecule has 0 amide bonds. The Labute approximate surface area is 241 Å². The van der Waals surface area contributed by atoms with Crippen molar-refractivity contribution in [2.24, 2.45) is 5.73 Å². The van der Waals surface area contributed by atoms with E-state index in [1.165, 1.54) is 0 Å². The lowest BCUT2D eigenvalue weighted by molar-refractivity contribution is -0.141. The zero-order valence-electron chi connectivity index (χ0n) is 23.1. The van der Waals surface area contributed by atoms with Gasteiger partial charge in [0.2, 0.25) is 5.88 Å². The van der Waals surface area contributed by atoms with Gasteiger partial charge in [-0.1, -0.05) is 0 Å². The number of ether oxygens (including phenoxy) is 1. The maximum atomic E-state index is 13.4. The Balaban J connectivity index is 1.06. The highest BCUT2D eigenvalue weighted by molar-refractivity contribution is 5.92. The minimum atomic E-state index is -4.57. The lowest BCUT2D eigenvalue weighted by Crippen LogP contribution is -2.61. The van der Waals surface area contributed by atoms with Crippen LogP contribution in [-0.4, -0.2) is 79.7 Å². The Morgan fingerprint density at radius 1 is 1.19 bits per heavy atom. The average Bonchev–Trinajstić information content (AvgIpc) is 3.64. The third kappa shape index (κ3) is 5.74. The van der Waals surface area contributed by atoms with Gasteiger partial charge in [0.05, 0.1) is 18.3 Å². The minimum absolute atomic E-state index is 0.0181. The lowest BCUT2D eigenvalue weighted by atomic mass is 9.71. The maximum Gasteiger partial charge on any atom is 0.433 e. The third-order valence-electron chi connectivity index (χ3n) is 8.50. The molecular weight excluding hydrogens is 549 g/mol. The van der Waals surface area contributed by atoms with E-state index in [9.17, 15) is 13.2 Å². The van der Waals surface area contributed by atoms with Gasteiger partial charge in [0, 0.05) is 74.4 Å². The fraction of sp³-hybridized carbons (Fsp3) is 0.483. The van der Waals surface area contributed by atoms with E-state index < -0.39 is 11.9 Å². The van der Waals surface area contributed by atoms with E-state index in [0.717, 1.165) is 54.2 Å². The number of rotatable bonds is 10. The number of likely N-dealkylation sites (tertiary alicyclic amines) is 1. The molecule has 4 aromatic heterocycles. The molecule has 0 spiro atoms. The number of fused-ring (bicyclic) bond motifs is 1. The average molecular weight is 585 g/mol. The van der Waals surface area contributed by atoms with Gasteiger partial charge in [-0.3, -0.25) is 9.58 Å². The monoisotopic (exact) mass is 584 g/mol. The first-order chi connectivity index (χ1) is 20.3. The number of pyridine rings is 2. The van der Waals surface area contributed by atoms with Crippen LogP contribution in [-0.2, 0) is 18.3 Å². The van der Waals surface area contributed by atoms with Crippen molar-refractivity contribution >= 4 is 11.0 Å². The Kier molecular flexibility index (Phi) is 7.92. The number of aliphatic hydroxyl groups excluding tert-OH is 1. The van der Waals surface area contributed by atoms with E-state index >= 15 is 0 Å². The summed E-state index contributed by atoms with van der Waals surface area (Å²) in [6.07, 6.45) is 5.98. The molecule has 0 radical (unpaired) electrons. The number of alkyl halides is 3. The van der Waals surface area contributed by atoms with Gasteiger partial charge in [-0.05, 0) is 55.0 Å². The fourth-order valence-electron chi connectivity index (χ4n) is 6.16. The molecule has 0 aromatic carbocycles. The number of H-pyrrole nitrogens is 1. The molecule has 1 aliphatic carbocycles. The summed E-state index contributed by atoms with van der Waals surface area (Å²) >= 11 is 0. The van der Waals surface area contributed by atoms with Gasteiger partial charge in [0.1, 0.15) is 17.4 Å². The van der Waals surface area contributed by atoms with Gasteiger partial charge in [-0.15, -0.1) is 0 Å². The van der Waals surface area contributed by atoms with Crippen LogP contribution in [0.5, 0.6) is 5.88 Å². The highest BCUT2D eigenvalue weighted by atomic mass is 19.4. The minimum Gasteiger partial charge on any atom is -0.474 e. The van der Waals surface area contributed by atoms with Crippen LogP contribution < -0.4 is 15.8 Å². The first-order valence-electron chi connectivity index (χ1n) is 14.3. The van der Waals surface area contributed by atoms with Gasteiger partial charge in [0.25, 0.3) is 0 Å². The molecule has 1 saturated heterocycles. The van der Waals surface area contributed by atoms with E-state index in [0.29, 0.717) is 31.0 Å². The lowest BCUT2D eigenvalue weighted by Gasteiger charge is -2.52. The van der Waals surface area contributed by atoms with Crippen LogP contribution >= 0.6 is 0 Å². The second-order valence-electron chi connectivity index (χ2n) is 11.2. The van der Waals surface area contributed by atoms with Crippen LogP contribution in [0.1, 0.15) is 36.9 Å². The van der Waals surface area contributed by atoms with Crippen LogP contribution in [0.3, 0.4) is 0 Å². The Morgan fingerprint density at radius 2 is 2.00 bits per heavy atom. The number of aromatic amines is 1. The van der Waals surface area contributed by atoms with Gasteiger partial charge >= 0.3 is 6.18 Å². The van der Waals surface area contributed by atoms with Crippen molar-refractivity contribution < 1.29 is 23.0 Å². The highest BCUT2D eigenvalue weighted by Gasteiger charge is 2.48. The molecule has 13 heteroatoms. The van der Waals surface area contributed by atoms with E-state index in [2.05, 4.69) is 31.4 Å². The van der Waals surface area contributed by atoms with Gasteiger partial charge < -0.3 is 25.9 Å². The zero-order valence-corrected chi connectivity index (χ0v) is 23.1. The van der Waals surface area contributed by atoms with Crippen molar-refractivity contribution in [1.82, 2.24) is 34.9 Å². The smallest absolute Gasteiger partial charge is 0.433 e. The summed E-state index contributed by atoms with van der Waals surface area (Å²) in [5, 5.41) is 17.6. The van der Waals surface area contributed by atoms with Crippen LogP contribution in [0.25, 0.3) is 22.2 Å². The summed E-state index contributed by atoms with van der Waals surface area (Å²) in [6, 6.07) is 6.92. The van der Waals surface area contributed by atoms with E-state index in [4.69, 9.17) is 20.7 Å². The molecule has 10 nitrogen and oxygen atoms in total. The summed E-state index contributed by atoms with van der Waals surface area (Å²) in [5.74, 6) is -0.0181. The van der Waals surface area contributed by atoms with Crippen molar-refractivity contribution in [2.75, 3.05) is 32.8 Å². The second-order valence-corrected chi connectivity index (χ2v) is 11.2. The van der Waals surface area contributed by atoms with Crippen LogP contribution in [0.2, 0.25) is 0 Å². The number of hydrogen-bond acceptors (Lipinski definition) is 8. The standard InChI is InChI=1S/C29H35F3N8O2/c30-29(31,32)25-11-19(15-34-7-10-41)12-26(38-25)42-22-3-8-39(9-4-22)21-13-28(14-21,18-33)40-17-20(16-37-40)23-1-5-35-27-24(23)2-6-36-27/h1-2,5-6,11-12,16-17,21-22,34,41H,3-4,7-10,13-15,18,33H2,(H,35,36). The zero-order chi connectivity index (χ0) is 29.3. The molecule has 1 aliphatic heterocycles. The van der Waals surface area contributed by atoms with Gasteiger partial charge in [-0.2, -0.15) is 18.3 Å². The molecule has 0 bridgehead atoms. The predicted octanol–water partition coefficient (Wildman–Crippen LogP) is 3.28. The first kappa shape index (κ1) is 28.6. The van der Waals surface area contributed by atoms with Crippen molar-refractivity contribution in [1.29, 1.82) is 0 Å². The van der Waals surface area contributed by atoms with Crippen molar-refractivity contribution in [2.45, 2.75) is 56.1 Å². The molecule has 4 aromatic rings. The molecule has 5 N–H and O–H groups in total. The van der Waals surface area contributed by atoms with Gasteiger partial charge in [-0.25, -0.2) is 9.97 Å². The number of nitrogens with one attached hydrogen (secondary N) is 2. The summed E-state index contributed by atoms with van der Waals surface area (Å²) in [6.45, 7) is 2.42. The van der Waals surface area contributed by atoms with Gasteiger partial charge in [0.15, 0.2) is 0 Å². The summed E-state index contributed by atoms with van der Waals surface area (Å²) in [5.41, 5.74) is 8.41. The third-order valence-corrected chi connectivity index (χ3v) is 8.50. The van der Waals surface area contributed by atoms with Crippen LogP contribution in [0.4, 0.5) is 13.2 Å². The summed E-state index contributed by atoms with van der Waals surface area (Å²) in [7, 11) is 0.